The van der Waals surface area contributed by atoms with Crippen molar-refractivity contribution in [3.8, 4) is 0 Å². The number of hydrogen-bond donors (Lipinski definition) is 0. The van der Waals surface area contributed by atoms with Crippen LogP contribution >= 0.6 is 15.8 Å². The fourth-order valence-electron chi connectivity index (χ4n) is 4.06. The molecular formula is C14H28P2. The van der Waals surface area contributed by atoms with Gasteiger partial charge in [-0.05, 0) is 53.7 Å². The summed E-state index contributed by atoms with van der Waals surface area (Å²) < 4.78 is 0. The molecule has 4 unspecified atom stereocenters. The molecule has 94 valence electrons. The van der Waals surface area contributed by atoms with Crippen molar-refractivity contribution in [2.45, 2.75) is 88.3 Å². The summed E-state index contributed by atoms with van der Waals surface area (Å²) in [5, 5.41) is 1.09. The number of hydrogen-bond acceptors (Lipinski definition) is 0. The molecule has 2 aliphatic rings. The summed E-state index contributed by atoms with van der Waals surface area (Å²) >= 11 is 0. The lowest BCUT2D eigenvalue weighted by atomic mass is 10.2. The highest BCUT2D eigenvalue weighted by atomic mass is 31.2. The third kappa shape index (κ3) is 2.35. The average Bonchev–Trinajstić information content (AvgIpc) is 2.71. The second kappa shape index (κ2) is 5.24. The van der Waals surface area contributed by atoms with Crippen LogP contribution in [0.5, 0.6) is 0 Å². The summed E-state index contributed by atoms with van der Waals surface area (Å²) in [6.07, 6.45) is 6.07. The van der Waals surface area contributed by atoms with Crippen molar-refractivity contribution in [2.75, 3.05) is 0 Å². The van der Waals surface area contributed by atoms with E-state index < -0.39 is 0 Å². The fourth-order valence-corrected chi connectivity index (χ4v) is 14.5. The van der Waals surface area contributed by atoms with E-state index in [4.69, 9.17) is 0 Å². The van der Waals surface area contributed by atoms with Gasteiger partial charge in [0.25, 0.3) is 0 Å². The van der Waals surface area contributed by atoms with Gasteiger partial charge in [-0.15, -0.1) is 0 Å². The first kappa shape index (κ1) is 13.3. The van der Waals surface area contributed by atoms with Gasteiger partial charge in [-0.3, -0.25) is 0 Å². The molecule has 2 fully saturated rings. The maximum atomic E-state index is 2.62. The van der Waals surface area contributed by atoms with Gasteiger partial charge >= 0.3 is 0 Å². The smallest absolute Gasteiger partial charge is 0.00246 e. The van der Waals surface area contributed by atoms with Gasteiger partial charge in [-0.25, -0.2) is 0 Å². The zero-order valence-corrected chi connectivity index (χ0v) is 13.4. The van der Waals surface area contributed by atoms with Gasteiger partial charge in [0.1, 0.15) is 0 Å². The molecule has 4 atom stereocenters. The quantitative estimate of drug-likeness (QED) is 0.579. The molecule has 0 aromatic carbocycles. The molecular weight excluding hydrogens is 230 g/mol. The van der Waals surface area contributed by atoms with E-state index >= 15 is 0 Å². The van der Waals surface area contributed by atoms with Crippen LogP contribution in [0.3, 0.4) is 0 Å². The van der Waals surface area contributed by atoms with Crippen molar-refractivity contribution >= 4 is 15.8 Å². The van der Waals surface area contributed by atoms with Gasteiger partial charge in [-0.2, -0.15) is 0 Å². The minimum atomic E-state index is 0.336. The lowest BCUT2D eigenvalue weighted by molar-refractivity contribution is 0.777. The van der Waals surface area contributed by atoms with Crippen molar-refractivity contribution in [2.24, 2.45) is 0 Å². The van der Waals surface area contributed by atoms with Gasteiger partial charge < -0.3 is 0 Å². The van der Waals surface area contributed by atoms with E-state index in [2.05, 4.69) is 34.6 Å². The Hall–Kier alpha value is 0.860. The molecule has 2 saturated heterocycles. The van der Waals surface area contributed by atoms with Gasteiger partial charge in [0.05, 0.1) is 0 Å². The summed E-state index contributed by atoms with van der Waals surface area (Å²) in [6.45, 7) is 12.8. The standard InChI is InChI=1S/C14H28P2/c1-10-6-7-11(2)15(10)14(5)16-12(3)8-9-13(16)4/h10-14H,6-9H2,1-5H3. The van der Waals surface area contributed by atoms with Crippen LogP contribution in [0.1, 0.15) is 60.3 Å². The predicted octanol–water partition coefficient (Wildman–Crippen LogP) is 5.44. The molecule has 2 heterocycles. The Kier molecular flexibility index (Phi) is 4.35. The normalized spacial score (nSPS) is 50.8. The molecule has 0 aliphatic carbocycles. The minimum Gasteiger partial charge on any atom is -0.0936 e. The zero-order valence-electron chi connectivity index (χ0n) is 11.6. The monoisotopic (exact) mass is 258 g/mol. The van der Waals surface area contributed by atoms with Crippen LogP contribution in [-0.4, -0.2) is 28.0 Å². The van der Waals surface area contributed by atoms with E-state index in [0.717, 1.165) is 28.0 Å². The van der Waals surface area contributed by atoms with Crippen molar-refractivity contribution in [3.05, 3.63) is 0 Å². The largest absolute Gasteiger partial charge is 0.0936 e. The molecule has 0 N–H and O–H groups in total. The van der Waals surface area contributed by atoms with E-state index in [-0.39, 0.29) is 0 Å². The Labute approximate surface area is 104 Å². The Bertz CT molecular complexity index is 197. The van der Waals surface area contributed by atoms with Crippen LogP contribution in [0.15, 0.2) is 0 Å². The molecule has 2 heteroatoms. The molecule has 0 amide bonds. The van der Waals surface area contributed by atoms with Gasteiger partial charge in [0, 0.05) is 0 Å². The van der Waals surface area contributed by atoms with Crippen LogP contribution in [0.4, 0.5) is 0 Å². The molecule has 2 aliphatic heterocycles. The molecule has 0 spiro atoms. The SMILES string of the molecule is CC1CCC(C)P1C(C)P1C(C)CCC1C. The summed E-state index contributed by atoms with van der Waals surface area (Å²) in [5.74, 6) is 0. The Balaban J connectivity index is 2.08. The van der Waals surface area contributed by atoms with E-state index in [1.165, 1.54) is 25.7 Å². The lowest BCUT2D eigenvalue weighted by Crippen LogP contribution is -2.14. The fraction of sp³-hybridized carbons (Fsp3) is 1.00. The van der Waals surface area contributed by atoms with Gasteiger partial charge in [0.2, 0.25) is 0 Å². The molecule has 0 saturated carbocycles. The predicted molar refractivity (Wildman–Crippen MR) is 79.6 cm³/mol. The van der Waals surface area contributed by atoms with Crippen molar-refractivity contribution < 1.29 is 0 Å². The Morgan fingerprint density at radius 3 is 1.19 bits per heavy atom. The summed E-state index contributed by atoms with van der Waals surface area (Å²) in [4.78, 5) is 0. The first-order valence-electron chi connectivity index (χ1n) is 7.07. The highest BCUT2D eigenvalue weighted by Gasteiger charge is 2.42. The van der Waals surface area contributed by atoms with Crippen LogP contribution in [0, 0.1) is 0 Å². The number of rotatable bonds is 2. The second-order valence-electron chi connectivity index (χ2n) is 6.08. The average molecular weight is 258 g/mol. The topological polar surface area (TPSA) is 0 Å². The molecule has 0 aromatic heterocycles. The lowest BCUT2D eigenvalue weighted by Gasteiger charge is -2.37. The van der Waals surface area contributed by atoms with E-state index in [1.54, 1.807) is 0 Å². The highest BCUT2D eigenvalue weighted by molar-refractivity contribution is 7.77. The third-order valence-electron chi connectivity index (χ3n) is 4.90. The van der Waals surface area contributed by atoms with Gasteiger partial charge in [0.15, 0.2) is 0 Å². The summed E-state index contributed by atoms with van der Waals surface area (Å²) in [6, 6.07) is 0. The van der Waals surface area contributed by atoms with E-state index in [1.807, 2.05) is 0 Å². The van der Waals surface area contributed by atoms with E-state index in [0.29, 0.717) is 15.8 Å². The summed E-state index contributed by atoms with van der Waals surface area (Å²) in [7, 11) is 0.672. The minimum absolute atomic E-state index is 0.336. The maximum absolute atomic E-state index is 2.62. The second-order valence-corrected chi connectivity index (χ2v) is 13.3. The molecule has 0 nitrogen and oxygen atoms in total. The van der Waals surface area contributed by atoms with Crippen LogP contribution in [-0.2, 0) is 0 Å². The highest BCUT2D eigenvalue weighted by Crippen LogP contribution is 2.72. The first-order valence-corrected chi connectivity index (χ1v) is 10.2. The van der Waals surface area contributed by atoms with Gasteiger partial charge in [-0.1, -0.05) is 50.5 Å². The Morgan fingerprint density at radius 2 is 0.938 bits per heavy atom. The van der Waals surface area contributed by atoms with Crippen LogP contribution < -0.4 is 0 Å². The van der Waals surface area contributed by atoms with E-state index in [9.17, 15) is 0 Å². The molecule has 2 rings (SSSR count). The zero-order chi connectivity index (χ0) is 11.9. The van der Waals surface area contributed by atoms with Crippen molar-refractivity contribution in [3.63, 3.8) is 0 Å². The van der Waals surface area contributed by atoms with Crippen molar-refractivity contribution in [1.82, 2.24) is 0 Å². The molecule has 0 radical (unpaired) electrons. The summed E-state index contributed by atoms with van der Waals surface area (Å²) in [5.41, 5.74) is 4.23. The third-order valence-corrected chi connectivity index (χ3v) is 13.3. The molecule has 16 heavy (non-hydrogen) atoms. The van der Waals surface area contributed by atoms with Crippen LogP contribution in [0.25, 0.3) is 0 Å². The maximum Gasteiger partial charge on any atom is -0.00246 e. The van der Waals surface area contributed by atoms with Crippen LogP contribution in [0.2, 0.25) is 0 Å². The molecule has 0 bridgehead atoms. The van der Waals surface area contributed by atoms with Crippen molar-refractivity contribution in [1.29, 1.82) is 0 Å². The first-order chi connectivity index (χ1) is 7.52. The Morgan fingerprint density at radius 1 is 0.688 bits per heavy atom. The molecule has 0 aromatic rings.